The van der Waals surface area contributed by atoms with E-state index in [4.69, 9.17) is 0 Å². The van der Waals surface area contributed by atoms with Gasteiger partial charge in [0.05, 0.1) is 0 Å². The first-order valence-corrected chi connectivity index (χ1v) is 5.57. The Hall–Kier alpha value is -0.0800. The number of nitrogens with one attached hydrogen (secondary N) is 1. The molecule has 0 amide bonds. The van der Waals surface area contributed by atoms with Gasteiger partial charge in [-0.2, -0.15) is 0 Å². The van der Waals surface area contributed by atoms with Gasteiger partial charge >= 0.3 is 0 Å². The summed E-state index contributed by atoms with van der Waals surface area (Å²) in [6.07, 6.45) is 2.59. The number of hydrogen-bond acceptors (Lipinski definition) is 2. The normalized spacial score (nSPS) is 16.2. The summed E-state index contributed by atoms with van der Waals surface area (Å²) < 4.78 is 0. The zero-order valence-electron chi connectivity index (χ0n) is 9.93. The average molecular weight is 186 g/mol. The lowest BCUT2D eigenvalue weighted by atomic mass is 10.1. The van der Waals surface area contributed by atoms with E-state index in [2.05, 4.69) is 45.0 Å². The summed E-state index contributed by atoms with van der Waals surface area (Å²) in [5.41, 5.74) is 0. The molecular weight excluding hydrogens is 160 g/mol. The van der Waals surface area contributed by atoms with Gasteiger partial charge < -0.3 is 10.2 Å². The van der Waals surface area contributed by atoms with E-state index in [1.807, 2.05) is 0 Å². The minimum atomic E-state index is 0.590. The molecular formula is C11H26N2. The van der Waals surface area contributed by atoms with Gasteiger partial charge in [-0.15, -0.1) is 0 Å². The van der Waals surface area contributed by atoms with Crippen molar-refractivity contribution >= 4 is 0 Å². The fraction of sp³-hybridized carbons (Fsp3) is 1.00. The van der Waals surface area contributed by atoms with E-state index >= 15 is 0 Å². The van der Waals surface area contributed by atoms with Crippen molar-refractivity contribution in [2.75, 3.05) is 20.1 Å². The molecule has 0 aromatic heterocycles. The Labute approximate surface area is 83.7 Å². The van der Waals surface area contributed by atoms with Crippen LogP contribution >= 0.6 is 0 Å². The molecule has 0 rings (SSSR count). The van der Waals surface area contributed by atoms with E-state index in [0.29, 0.717) is 12.1 Å². The van der Waals surface area contributed by atoms with Crippen molar-refractivity contribution in [1.29, 1.82) is 0 Å². The van der Waals surface area contributed by atoms with E-state index in [9.17, 15) is 0 Å². The molecule has 0 radical (unpaired) electrons. The molecule has 0 aromatic rings. The van der Waals surface area contributed by atoms with Crippen molar-refractivity contribution in [1.82, 2.24) is 10.2 Å². The predicted molar refractivity (Wildman–Crippen MR) is 60.1 cm³/mol. The third-order valence-corrected chi connectivity index (χ3v) is 2.81. The van der Waals surface area contributed by atoms with Gasteiger partial charge in [-0.05, 0) is 40.4 Å². The monoisotopic (exact) mass is 186 g/mol. The Morgan fingerprint density at radius 2 is 1.85 bits per heavy atom. The Bertz CT molecular complexity index is 115. The van der Waals surface area contributed by atoms with E-state index in [0.717, 1.165) is 6.54 Å². The van der Waals surface area contributed by atoms with Crippen molar-refractivity contribution in [2.24, 2.45) is 0 Å². The molecule has 2 nitrogen and oxygen atoms in total. The van der Waals surface area contributed by atoms with Crippen LogP contribution in [0.4, 0.5) is 0 Å². The molecule has 0 bridgehead atoms. The zero-order chi connectivity index (χ0) is 10.3. The minimum absolute atomic E-state index is 0.590. The SMILES string of the molecule is CCCCN(C)C(C)C(C)NCC. The highest BCUT2D eigenvalue weighted by Gasteiger charge is 2.14. The van der Waals surface area contributed by atoms with Crippen LogP contribution in [0.5, 0.6) is 0 Å². The molecule has 0 fully saturated rings. The largest absolute Gasteiger partial charge is 0.313 e. The van der Waals surface area contributed by atoms with Crippen molar-refractivity contribution in [3.05, 3.63) is 0 Å². The number of rotatable bonds is 7. The first-order valence-electron chi connectivity index (χ1n) is 5.57. The van der Waals surface area contributed by atoms with Crippen LogP contribution in [0.1, 0.15) is 40.5 Å². The Morgan fingerprint density at radius 3 is 2.31 bits per heavy atom. The van der Waals surface area contributed by atoms with Crippen molar-refractivity contribution in [3.8, 4) is 0 Å². The maximum atomic E-state index is 3.46. The molecule has 2 unspecified atom stereocenters. The summed E-state index contributed by atoms with van der Waals surface area (Å²) in [5, 5.41) is 3.46. The van der Waals surface area contributed by atoms with Crippen LogP contribution in [0, 0.1) is 0 Å². The van der Waals surface area contributed by atoms with Gasteiger partial charge in [-0.1, -0.05) is 20.3 Å². The zero-order valence-corrected chi connectivity index (χ0v) is 9.93. The fourth-order valence-electron chi connectivity index (χ4n) is 1.49. The molecule has 1 N–H and O–H groups in total. The molecule has 0 aliphatic rings. The van der Waals surface area contributed by atoms with Crippen LogP contribution in [0.15, 0.2) is 0 Å². The molecule has 0 spiro atoms. The molecule has 0 heterocycles. The molecule has 0 saturated carbocycles. The van der Waals surface area contributed by atoms with Crippen molar-refractivity contribution in [2.45, 2.75) is 52.6 Å². The van der Waals surface area contributed by atoms with Gasteiger partial charge in [0.15, 0.2) is 0 Å². The van der Waals surface area contributed by atoms with Gasteiger partial charge in [0, 0.05) is 12.1 Å². The minimum Gasteiger partial charge on any atom is -0.313 e. The molecule has 80 valence electrons. The van der Waals surface area contributed by atoms with Crippen LogP contribution in [-0.2, 0) is 0 Å². The summed E-state index contributed by atoms with van der Waals surface area (Å²) in [6, 6.07) is 1.22. The summed E-state index contributed by atoms with van der Waals surface area (Å²) in [5.74, 6) is 0. The quantitative estimate of drug-likeness (QED) is 0.655. The van der Waals surface area contributed by atoms with Crippen LogP contribution in [-0.4, -0.2) is 37.1 Å². The maximum Gasteiger partial charge on any atom is 0.0215 e. The van der Waals surface area contributed by atoms with Gasteiger partial charge in [0.2, 0.25) is 0 Å². The van der Waals surface area contributed by atoms with Crippen LogP contribution < -0.4 is 5.32 Å². The smallest absolute Gasteiger partial charge is 0.0215 e. The van der Waals surface area contributed by atoms with Crippen molar-refractivity contribution < 1.29 is 0 Å². The van der Waals surface area contributed by atoms with E-state index in [1.54, 1.807) is 0 Å². The topological polar surface area (TPSA) is 15.3 Å². The highest BCUT2D eigenvalue weighted by atomic mass is 15.2. The highest BCUT2D eigenvalue weighted by Crippen LogP contribution is 2.03. The number of hydrogen-bond donors (Lipinski definition) is 1. The molecule has 0 aliphatic heterocycles. The highest BCUT2D eigenvalue weighted by molar-refractivity contribution is 4.74. The standard InChI is InChI=1S/C11H26N2/c1-6-8-9-13(5)11(4)10(3)12-7-2/h10-12H,6-9H2,1-5H3. The summed E-state index contributed by atoms with van der Waals surface area (Å²) >= 11 is 0. The average Bonchev–Trinajstić information content (AvgIpc) is 2.13. The molecule has 0 aliphatic carbocycles. The summed E-state index contributed by atoms with van der Waals surface area (Å²) in [7, 11) is 2.22. The van der Waals surface area contributed by atoms with Gasteiger partial charge in [-0.3, -0.25) is 0 Å². The predicted octanol–water partition coefficient (Wildman–Crippen LogP) is 2.10. The Kier molecular flexibility index (Phi) is 7.29. The van der Waals surface area contributed by atoms with Crippen LogP contribution in [0.25, 0.3) is 0 Å². The molecule has 0 saturated heterocycles. The Morgan fingerprint density at radius 1 is 1.23 bits per heavy atom. The third-order valence-electron chi connectivity index (χ3n) is 2.81. The van der Waals surface area contributed by atoms with E-state index in [1.165, 1.54) is 19.4 Å². The number of likely N-dealkylation sites (N-methyl/N-ethyl adjacent to an activating group) is 2. The second-order valence-corrected chi connectivity index (χ2v) is 3.92. The van der Waals surface area contributed by atoms with Crippen molar-refractivity contribution in [3.63, 3.8) is 0 Å². The van der Waals surface area contributed by atoms with Gasteiger partial charge in [0.1, 0.15) is 0 Å². The lowest BCUT2D eigenvalue weighted by Crippen LogP contribution is -2.45. The van der Waals surface area contributed by atoms with Gasteiger partial charge in [0.25, 0.3) is 0 Å². The van der Waals surface area contributed by atoms with Crippen LogP contribution in [0.2, 0.25) is 0 Å². The van der Waals surface area contributed by atoms with Gasteiger partial charge in [-0.25, -0.2) is 0 Å². The van der Waals surface area contributed by atoms with E-state index < -0.39 is 0 Å². The number of unbranched alkanes of at least 4 members (excludes halogenated alkanes) is 1. The molecule has 2 atom stereocenters. The summed E-state index contributed by atoms with van der Waals surface area (Å²) in [4.78, 5) is 2.44. The second-order valence-electron chi connectivity index (χ2n) is 3.92. The first kappa shape index (κ1) is 12.9. The number of nitrogens with zero attached hydrogens (tertiary/aromatic N) is 1. The molecule has 13 heavy (non-hydrogen) atoms. The lowest BCUT2D eigenvalue weighted by molar-refractivity contribution is 0.212. The lowest BCUT2D eigenvalue weighted by Gasteiger charge is -2.30. The van der Waals surface area contributed by atoms with Crippen LogP contribution in [0.3, 0.4) is 0 Å². The first-order chi connectivity index (χ1) is 6.13. The maximum absolute atomic E-state index is 3.46. The molecule has 2 heteroatoms. The van der Waals surface area contributed by atoms with E-state index in [-0.39, 0.29) is 0 Å². The second kappa shape index (κ2) is 7.34. The Balaban J connectivity index is 3.71. The fourth-order valence-corrected chi connectivity index (χ4v) is 1.49. The molecule has 0 aromatic carbocycles. The third kappa shape index (κ3) is 5.27. The summed E-state index contributed by atoms with van der Waals surface area (Å²) in [6.45, 7) is 11.2.